The van der Waals surface area contributed by atoms with Gasteiger partial charge in [-0.3, -0.25) is 4.90 Å². The van der Waals surface area contributed by atoms with E-state index in [4.69, 9.17) is 4.42 Å². The second-order valence-electron chi connectivity index (χ2n) is 4.55. The fourth-order valence-corrected chi connectivity index (χ4v) is 2.85. The monoisotopic (exact) mass is 222 g/mol. The first-order chi connectivity index (χ1) is 7.86. The summed E-state index contributed by atoms with van der Waals surface area (Å²) in [6.45, 7) is 5.60. The zero-order valence-electron chi connectivity index (χ0n) is 10.3. The molecule has 3 nitrogen and oxygen atoms in total. The third-order valence-electron chi connectivity index (χ3n) is 3.57. The Morgan fingerprint density at radius 2 is 2.44 bits per heavy atom. The summed E-state index contributed by atoms with van der Waals surface area (Å²) in [7, 11) is 2.03. The van der Waals surface area contributed by atoms with Crippen molar-refractivity contribution in [3.8, 4) is 0 Å². The Bertz CT molecular complexity index is 295. The van der Waals surface area contributed by atoms with E-state index < -0.39 is 0 Å². The highest BCUT2D eigenvalue weighted by molar-refractivity contribution is 5.08. The third kappa shape index (κ3) is 2.30. The lowest BCUT2D eigenvalue weighted by atomic mass is 9.87. The van der Waals surface area contributed by atoms with Crippen LogP contribution in [0.5, 0.6) is 0 Å². The summed E-state index contributed by atoms with van der Waals surface area (Å²) in [6.07, 6.45) is 4.38. The summed E-state index contributed by atoms with van der Waals surface area (Å²) >= 11 is 0. The van der Waals surface area contributed by atoms with Gasteiger partial charge in [-0.05, 0) is 57.6 Å². The molecule has 1 fully saturated rings. The fraction of sp³-hybridized carbons (Fsp3) is 0.692. The van der Waals surface area contributed by atoms with Gasteiger partial charge in [0, 0.05) is 0 Å². The normalized spacial score (nSPS) is 27.1. The fourth-order valence-electron chi connectivity index (χ4n) is 2.85. The first-order valence-electron chi connectivity index (χ1n) is 6.28. The smallest absolute Gasteiger partial charge is 0.121 e. The molecule has 0 aliphatic carbocycles. The molecular weight excluding hydrogens is 200 g/mol. The van der Waals surface area contributed by atoms with E-state index in [1.165, 1.54) is 19.4 Å². The van der Waals surface area contributed by atoms with E-state index >= 15 is 0 Å². The molecule has 1 N–H and O–H groups in total. The molecule has 1 aliphatic heterocycles. The Balaban J connectivity index is 2.17. The van der Waals surface area contributed by atoms with Crippen molar-refractivity contribution in [1.29, 1.82) is 0 Å². The molecule has 0 amide bonds. The quantitative estimate of drug-likeness (QED) is 0.847. The molecule has 2 atom stereocenters. The van der Waals surface area contributed by atoms with Crippen LogP contribution in [0.2, 0.25) is 0 Å². The number of hydrogen-bond acceptors (Lipinski definition) is 3. The Labute approximate surface area is 97.8 Å². The molecule has 0 bridgehead atoms. The predicted octanol–water partition coefficient (Wildman–Crippen LogP) is 2.27. The van der Waals surface area contributed by atoms with Gasteiger partial charge in [-0.1, -0.05) is 6.92 Å². The van der Waals surface area contributed by atoms with Gasteiger partial charge in [0.1, 0.15) is 5.76 Å². The first-order valence-corrected chi connectivity index (χ1v) is 6.28. The maximum absolute atomic E-state index is 5.61. The summed E-state index contributed by atoms with van der Waals surface area (Å²) < 4.78 is 5.61. The molecule has 16 heavy (non-hydrogen) atoms. The van der Waals surface area contributed by atoms with E-state index in [2.05, 4.69) is 23.2 Å². The maximum atomic E-state index is 5.61. The highest BCUT2D eigenvalue weighted by Gasteiger charge is 2.32. The molecule has 2 rings (SSSR count). The van der Waals surface area contributed by atoms with Crippen molar-refractivity contribution in [2.24, 2.45) is 5.92 Å². The number of nitrogens with one attached hydrogen (secondary N) is 1. The van der Waals surface area contributed by atoms with E-state index in [1.54, 1.807) is 6.26 Å². The molecule has 0 saturated carbocycles. The highest BCUT2D eigenvalue weighted by atomic mass is 16.3. The minimum Gasteiger partial charge on any atom is -0.468 e. The average molecular weight is 222 g/mol. The van der Waals surface area contributed by atoms with Crippen LogP contribution in [0, 0.1) is 5.92 Å². The maximum Gasteiger partial charge on any atom is 0.121 e. The molecule has 2 unspecified atom stereocenters. The van der Waals surface area contributed by atoms with Gasteiger partial charge in [0.15, 0.2) is 0 Å². The number of nitrogens with zero attached hydrogens (tertiary/aromatic N) is 1. The van der Waals surface area contributed by atoms with Crippen LogP contribution < -0.4 is 5.32 Å². The summed E-state index contributed by atoms with van der Waals surface area (Å²) in [5.41, 5.74) is 0. The van der Waals surface area contributed by atoms with Crippen LogP contribution in [0.15, 0.2) is 22.8 Å². The second-order valence-corrected chi connectivity index (χ2v) is 4.55. The van der Waals surface area contributed by atoms with Crippen molar-refractivity contribution in [3.05, 3.63) is 24.2 Å². The van der Waals surface area contributed by atoms with Gasteiger partial charge in [0.25, 0.3) is 0 Å². The van der Waals surface area contributed by atoms with Crippen LogP contribution in [-0.2, 0) is 0 Å². The molecule has 1 aromatic heterocycles. The number of furan rings is 1. The number of likely N-dealkylation sites (tertiary alicyclic amines) is 1. The molecule has 90 valence electrons. The largest absolute Gasteiger partial charge is 0.468 e. The summed E-state index contributed by atoms with van der Waals surface area (Å²) in [4.78, 5) is 2.53. The molecule has 1 aliphatic rings. The minimum atomic E-state index is 0.459. The van der Waals surface area contributed by atoms with Gasteiger partial charge >= 0.3 is 0 Å². The summed E-state index contributed by atoms with van der Waals surface area (Å²) in [5, 5.41) is 3.31. The van der Waals surface area contributed by atoms with Crippen LogP contribution >= 0.6 is 0 Å². The highest BCUT2D eigenvalue weighted by Crippen LogP contribution is 2.35. The molecule has 0 spiro atoms. The molecule has 3 heteroatoms. The Kier molecular flexibility index (Phi) is 4.02. The molecule has 1 aromatic rings. The predicted molar refractivity (Wildman–Crippen MR) is 65.3 cm³/mol. The third-order valence-corrected chi connectivity index (χ3v) is 3.57. The average Bonchev–Trinajstić information content (AvgIpc) is 2.82. The second kappa shape index (κ2) is 5.51. The lowest BCUT2D eigenvalue weighted by molar-refractivity contribution is 0.0816. The first kappa shape index (κ1) is 11.7. The summed E-state index contributed by atoms with van der Waals surface area (Å²) in [6, 6.07) is 4.57. The van der Waals surface area contributed by atoms with E-state index in [1.807, 2.05) is 13.1 Å². The summed E-state index contributed by atoms with van der Waals surface area (Å²) in [5.74, 6) is 1.80. The van der Waals surface area contributed by atoms with E-state index in [-0.39, 0.29) is 0 Å². The molecule has 1 saturated heterocycles. The van der Waals surface area contributed by atoms with Crippen molar-refractivity contribution >= 4 is 0 Å². The van der Waals surface area contributed by atoms with Crippen LogP contribution in [0.4, 0.5) is 0 Å². The van der Waals surface area contributed by atoms with Gasteiger partial charge in [-0.15, -0.1) is 0 Å². The van der Waals surface area contributed by atoms with Crippen LogP contribution in [0.3, 0.4) is 0 Å². The van der Waals surface area contributed by atoms with Gasteiger partial charge in [-0.2, -0.15) is 0 Å². The van der Waals surface area contributed by atoms with Crippen LogP contribution in [-0.4, -0.2) is 31.6 Å². The Hall–Kier alpha value is -0.800. The molecule has 2 heterocycles. The minimum absolute atomic E-state index is 0.459. The van der Waals surface area contributed by atoms with Crippen molar-refractivity contribution in [1.82, 2.24) is 10.2 Å². The van der Waals surface area contributed by atoms with Crippen molar-refractivity contribution in [2.45, 2.75) is 25.8 Å². The van der Waals surface area contributed by atoms with Crippen molar-refractivity contribution in [2.75, 3.05) is 26.7 Å². The van der Waals surface area contributed by atoms with Crippen LogP contribution in [0.1, 0.15) is 31.6 Å². The number of piperidine rings is 1. The Morgan fingerprint density at radius 3 is 3.06 bits per heavy atom. The van der Waals surface area contributed by atoms with E-state index in [0.29, 0.717) is 12.0 Å². The van der Waals surface area contributed by atoms with Gasteiger partial charge in [0.05, 0.1) is 12.3 Å². The molecule has 0 aromatic carbocycles. The molecular formula is C13H22N2O. The van der Waals surface area contributed by atoms with Gasteiger partial charge in [-0.25, -0.2) is 0 Å². The topological polar surface area (TPSA) is 28.4 Å². The lowest BCUT2D eigenvalue weighted by Crippen LogP contribution is -2.41. The van der Waals surface area contributed by atoms with Gasteiger partial charge < -0.3 is 9.73 Å². The standard InChI is InChI=1S/C13H22N2O/c1-3-15-8-4-6-11(10-14-2)13(15)12-7-5-9-16-12/h5,7,9,11,13-14H,3-4,6,8,10H2,1-2H3. The van der Waals surface area contributed by atoms with E-state index in [9.17, 15) is 0 Å². The zero-order chi connectivity index (χ0) is 11.4. The lowest BCUT2D eigenvalue weighted by Gasteiger charge is -2.39. The van der Waals surface area contributed by atoms with Gasteiger partial charge in [0.2, 0.25) is 0 Å². The van der Waals surface area contributed by atoms with Crippen LogP contribution in [0.25, 0.3) is 0 Å². The molecule has 0 radical (unpaired) electrons. The van der Waals surface area contributed by atoms with Crippen molar-refractivity contribution < 1.29 is 4.42 Å². The number of hydrogen-bond donors (Lipinski definition) is 1. The number of rotatable bonds is 4. The SMILES string of the molecule is CCN1CCCC(CNC)C1c1ccco1. The Morgan fingerprint density at radius 1 is 1.56 bits per heavy atom. The zero-order valence-corrected chi connectivity index (χ0v) is 10.3. The van der Waals surface area contributed by atoms with E-state index in [0.717, 1.165) is 18.8 Å². The van der Waals surface area contributed by atoms with Crippen molar-refractivity contribution in [3.63, 3.8) is 0 Å².